The number of anilines is 1. The SMILES string of the molecule is O=[N+]([O-])c1ccc(S(=O)(=O)Nc2ccc3c(ccn3-c3cccnc3)c2)cc1. The van der Waals surface area contributed by atoms with Crippen molar-refractivity contribution in [1.82, 2.24) is 9.55 Å². The first kappa shape index (κ1) is 17.7. The number of nitrogens with zero attached hydrogens (tertiary/aromatic N) is 3. The highest BCUT2D eigenvalue weighted by molar-refractivity contribution is 7.92. The van der Waals surface area contributed by atoms with Crippen molar-refractivity contribution in [2.24, 2.45) is 0 Å². The molecule has 2 aromatic carbocycles. The van der Waals surface area contributed by atoms with Crippen LogP contribution in [0.1, 0.15) is 0 Å². The van der Waals surface area contributed by atoms with Crippen LogP contribution in [0.25, 0.3) is 16.6 Å². The maximum absolute atomic E-state index is 12.6. The van der Waals surface area contributed by atoms with Gasteiger partial charge in [-0.15, -0.1) is 0 Å². The zero-order chi connectivity index (χ0) is 19.7. The lowest BCUT2D eigenvalue weighted by Gasteiger charge is -2.09. The van der Waals surface area contributed by atoms with Gasteiger partial charge in [0.05, 0.1) is 27.2 Å². The fraction of sp³-hybridized carbons (Fsp3) is 0. The van der Waals surface area contributed by atoms with Gasteiger partial charge < -0.3 is 4.57 Å². The summed E-state index contributed by atoms with van der Waals surface area (Å²) < 4.78 is 29.6. The number of nitro groups is 1. The number of aromatic nitrogens is 2. The normalized spacial score (nSPS) is 11.4. The van der Waals surface area contributed by atoms with Crippen molar-refractivity contribution in [1.29, 1.82) is 0 Å². The topological polar surface area (TPSA) is 107 Å². The van der Waals surface area contributed by atoms with Crippen LogP contribution in [0.5, 0.6) is 0 Å². The molecule has 2 aromatic heterocycles. The molecule has 140 valence electrons. The third kappa shape index (κ3) is 3.30. The number of nitro benzene ring substituents is 1. The van der Waals surface area contributed by atoms with Crippen LogP contribution in [0.2, 0.25) is 0 Å². The first-order valence-corrected chi connectivity index (χ1v) is 9.71. The predicted octanol–water partition coefficient (Wildman–Crippen LogP) is 3.73. The van der Waals surface area contributed by atoms with Gasteiger partial charge in [-0.05, 0) is 48.5 Å². The molecule has 1 N–H and O–H groups in total. The summed E-state index contributed by atoms with van der Waals surface area (Å²) in [7, 11) is -3.86. The largest absolute Gasteiger partial charge is 0.315 e. The van der Waals surface area contributed by atoms with Crippen molar-refractivity contribution in [3.8, 4) is 5.69 Å². The van der Waals surface area contributed by atoms with Crippen LogP contribution in [0.4, 0.5) is 11.4 Å². The molecule has 0 atom stereocenters. The van der Waals surface area contributed by atoms with Crippen LogP contribution in [-0.4, -0.2) is 22.9 Å². The minimum Gasteiger partial charge on any atom is -0.315 e. The van der Waals surface area contributed by atoms with Crippen molar-refractivity contribution >= 4 is 32.3 Å². The lowest BCUT2D eigenvalue weighted by atomic mass is 10.2. The summed E-state index contributed by atoms with van der Waals surface area (Å²) in [5.74, 6) is 0. The van der Waals surface area contributed by atoms with Crippen LogP contribution in [0.3, 0.4) is 0 Å². The van der Waals surface area contributed by atoms with E-state index in [9.17, 15) is 18.5 Å². The molecule has 0 radical (unpaired) electrons. The van der Waals surface area contributed by atoms with Crippen LogP contribution in [0.15, 0.2) is 84.1 Å². The van der Waals surface area contributed by atoms with E-state index in [-0.39, 0.29) is 10.6 Å². The molecular weight excluding hydrogens is 380 g/mol. The van der Waals surface area contributed by atoms with Crippen LogP contribution < -0.4 is 4.72 Å². The highest BCUT2D eigenvalue weighted by atomic mass is 32.2. The third-order valence-corrected chi connectivity index (χ3v) is 5.62. The fourth-order valence-corrected chi connectivity index (χ4v) is 3.94. The highest BCUT2D eigenvalue weighted by Gasteiger charge is 2.16. The molecule has 0 fully saturated rings. The Hall–Kier alpha value is -3.72. The molecule has 0 spiro atoms. The lowest BCUT2D eigenvalue weighted by molar-refractivity contribution is -0.384. The van der Waals surface area contributed by atoms with E-state index in [0.717, 1.165) is 28.7 Å². The number of benzene rings is 2. The molecule has 8 nitrogen and oxygen atoms in total. The Balaban J connectivity index is 1.63. The highest BCUT2D eigenvalue weighted by Crippen LogP contribution is 2.25. The Labute approximate surface area is 160 Å². The summed E-state index contributed by atoms with van der Waals surface area (Å²) in [5.41, 5.74) is 2.04. The van der Waals surface area contributed by atoms with Gasteiger partial charge in [-0.2, -0.15) is 0 Å². The molecular formula is C19H14N4O4S. The lowest BCUT2D eigenvalue weighted by Crippen LogP contribution is -2.12. The van der Waals surface area contributed by atoms with Gasteiger partial charge in [-0.1, -0.05) is 0 Å². The average Bonchev–Trinajstić information content (AvgIpc) is 3.11. The van der Waals surface area contributed by atoms with Crippen molar-refractivity contribution in [3.63, 3.8) is 0 Å². The summed E-state index contributed by atoms with van der Waals surface area (Å²) in [6, 6.07) is 15.6. The molecule has 0 amide bonds. The number of hydrogen-bond acceptors (Lipinski definition) is 5. The molecule has 0 saturated heterocycles. The van der Waals surface area contributed by atoms with Crippen molar-refractivity contribution < 1.29 is 13.3 Å². The molecule has 28 heavy (non-hydrogen) atoms. The number of pyridine rings is 1. The van der Waals surface area contributed by atoms with Gasteiger partial charge in [0.25, 0.3) is 15.7 Å². The van der Waals surface area contributed by atoms with Gasteiger partial charge in [-0.3, -0.25) is 19.8 Å². The van der Waals surface area contributed by atoms with E-state index in [2.05, 4.69) is 9.71 Å². The van der Waals surface area contributed by atoms with E-state index in [1.54, 1.807) is 24.5 Å². The minimum atomic E-state index is -3.86. The van der Waals surface area contributed by atoms with Gasteiger partial charge in [-0.25, -0.2) is 8.42 Å². The standard InChI is InChI=1S/C19H14N4O4S/c24-23(25)16-4-6-18(7-5-16)28(26,27)21-15-3-8-19-14(12-15)9-11-22(19)17-2-1-10-20-13-17/h1-13,21H. The van der Waals surface area contributed by atoms with E-state index in [1.165, 1.54) is 12.1 Å². The molecule has 4 rings (SSSR count). The number of rotatable bonds is 5. The number of non-ortho nitro benzene ring substituents is 1. The average molecular weight is 394 g/mol. The number of nitrogens with one attached hydrogen (secondary N) is 1. The summed E-state index contributed by atoms with van der Waals surface area (Å²) in [4.78, 5) is 14.2. The molecule has 0 aliphatic carbocycles. The van der Waals surface area contributed by atoms with Gasteiger partial charge in [0.2, 0.25) is 0 Å². The molecule has 0 bridgehead atoms. The smallest absolute Gasteiger partial charge is 0.269 e. The van der Waals surface area contributed by atoms with Gasteiger partial charge >= 0.3 is 0 Å². The molecule has 4 aromatic rings. The second kappa shape index (κ2) is 6.78. The summed E-state index contributed by atoms with van der Waals surface area (Å²) in [5, 5.41) is 11.6. The zero-order valence-electron chi connectivity index (χ0n) is 14.4. The third-order valence-electron chi connectivity index (χ3n) is 4.22. The van der Waals surface area contributed by atoms with Gasteiger partial charge in [0.1, 0.15) is 0 Å². The Morgan fingerprint density at radius 2 is 1.82 bits per heavy atom. The molecule has 0 saturated carbocycles. The monoisotopic (exact) mass is 394 g/mol. The predicted molar refractivity (Wildman–Crippen MR) is 105 cm³/mol. The van der Waals surface area contributed by atoms with Crippen molar-refractivity contribution in [2.75, 3.05) is 4.72 Å². The second-order valence-electron chi connectivity index (χ2n) is 6.03. The zero-order valence-corrected chi connectivity index (χ0v) is 15.2. The molecule has 2 heterocycles. The Bertz CT molecular complexity index is 1270. The first-order valence-electron chi connectivity index (χ1n) is 8.23. The van der Waals surface area contributed by atoms with Gasteiger partial charge in [0, 0.05) is 35.6 Å². The molecule has 0 aliphatic heterocycles. The fourth-order valence-electron chi connectivity index (χ4n) is 2.89. The molecule has 0 aliphatic rings. The molecule has 0 unspecified atom stereocenters. The van der Waals surface area contributed by atoms with Crippen LogP contribution in [0, 0.1) is 10.1 Å². The van der Waals surface area contributed by atoms with E-state index >= 15 is 0 Å². The summed E-state index contributed by atoms with van der Waals surface area (Å²) in [6.45, 7) is 0. The van der Waals surface area contributed by atoms with Crippen LogP contribution in [-0.2, 0) is 10.0 Å². The maximum atomic E-state index is 12.6. The molecule has 9 heteroatoms. The van der Waals surface area contributed by atoms with Crippen molar-refractivity contribution in [2.45, 2.75) is 4.90 Å². The van der Waals surface area contributed by atoms with Crippen molar-refractivity contribution in [3.05, 3.63) is 89.4 Å². The second-order valence-corrected chi connectivity index (χ2v) is 7.71. The maximum Gasteiger partial charge on any atom is 0.269 e. The van der Waals surface area contributed by atoms with E-state index < -0.39 is 14.9 Å². The minimum absolute atomic E-state index is 0.0499. The summed E-state index contributed by atoms with van der Waals surface area (Å²) >= 11 is 0. The Morgan fingerprint density at radius 1 is 1.04 bits per heavy atom. The van der Waals surface area contributed by atoms with E-state index in [1.807, 2.05) is 35.0 Å². The van der Waals surface area contributed by atoms with Crippen LogP contribution >= 0.6 is 0 Å². The van der Waals surface area contributed by atoms with E-state index in [4.69, 9.17) is 0 Å². The number of sulfonamides is 1. The van der Waals surface area contributed by atoms with Gasteiger partial charge in [0.15, 0.2) is 0 Å². The Morgan fingerprint density at radius 3 is 2.50 bits per heavy atom. The number of hydrogen-bond donors (Lipinski definition) is 1. The quantitative estimate of drug-likeness (QED) is 0.410. The van der Waals surface area contributed by atoms with E-state index in [0.29, 0.717) is 5.69 Å². The summed E-state index contributed by atoms with van der Waals surface area (Å²) in [6.07, 6.45) is 5.32. The number of fused-ring (bicyclic) bond motifs is 1. The Kier molecular flexibility index (Phi) is 4.28. The first-order chi connectivity index (χ1) is 13.4.